The molecule has 0 aromatic rings. The Morgan fingerprint density at radius 3 is 1.34 bits per heavy atom. The summed E-state index contributed by atoms with van der Waals surface area (Å²) in [5, 5.41) is 10.4. The van der Waals surface area contributed by atoms with E-state index in [1.54, 1.807) is 0 Å². The largest absolute Gasteiger partial charge is 0.414 e. The van der Waals surface area contributed by atoms with Crippen LogP contribution in [0.1, 0.15) is 137 Å². The fourth-order valence-electron chi connectivity index (χ4n) is 3.53. The highest BCUT2D eigenvalue weighted by Crippen LogP contribution is 2.36. The molecule has 0 aliphatic carbocycles. The summed E-state index contributed by atoms with van der Waals surface area (Å²) < 4.78 is 6.12. The van der Waals surface area contributed by atoms with Gasteiger partial charge in [-0.2, -0.15) is 0 Å². The van der Waals surface area contributed by atoms with E-state index in [9.17, 15) is 5.11 Å². The van der Waals surface area contributed by atoms with Crippen molar-refractivity contribution >= 4 is 8.32 Å². The van der Waals surface area contributed by atoms with Gasteiger partial charge in [0.2, 0.25) is 0 Å². The molecular formula is C26H56O2Si. The first-order chi connectivity index (χ1) is 13.7. The van der Waals surface area contributed by atoms with Crippen LogP contribution < -0.4 is 0 Å². The molecule has 0 spiro atoms. The minimum atomic E-state index is -1.72. The zero-order valence-corrected chi connectivity index (χ0v) is 22.2. The fraction of sp³-hybridized carbons (Fsp3) is 1.00. The van der Waals surface area contributed by atoms with Crippen molar-refractivity contribution < 1.29 is 9.53 Å². The lowest BCUT2D eigenvalue weighted by atomic mass is 10.0. The van der Waals surface area contributed by atoms with Crippen LogP contribution in [-0.2, 0) is 4.43 Å². The quantitative estimate of drug-likeness (QED) is 0.155. The van der Waals surface area contributed by atoms with Crippen LogP contribution in [-0.4, -0.2) is 26.1 Å². The van der Waals surface area contributed by atoms with E-state index in [1.807, 2.05) is 0 Å². The van der Waals surface area contributed by atoms with E-state index >= 15 is 0 Å². The van der Waals surface area contributed by atoms with E-state index in [4.69, 9.17) is 4.43 Å². The topological polar surface area (TPSA) is 29.5 Å². The van der Waals surface area contributed by atoms with Gasteiger partial charge in [-0.3, -0.25) is 0 Å². The lowest BCUT2D eigenvalue weighted by molar-refractivity contribution is 0.0905. The Morgan fingerprint density at radius 1 is 0.655 bits per heavy atom. The molecule has 0 saturated heterocycles. The maximum absolute atomic E-state index is 10.2. The molecule has 0 aromatic heterocycles. The molecule has 0 heterocycles. The monoisotopic (exact) mass is 428 g/mol. The van der Waals surface area contributed by atoms with Gasteiger partial charge < -0.3 is 9.53 Å². The molecule has 1 atom stereocenters. The second-order valence-electron chi connectivity index (χ2n) is 10.8. The number of hydrogen-bond donors (Lipinski definition) is 1. The normalized spacial score (nSPS) is 13.8. The molecule has 0 aliphatic rings. The van der Waals surface area contributed by atoms with Gasteiger partial charge in [0.25, 0.3) is 0 Å². The first-order valence-electron chi connectivity index (χ1n) is 13.0. The molecule has 0 amide bonds. The van der Waals surface area contributed by atoms with Crippen LogP contribution >= 0.6 is 0 Å². The Bertz CT molecular complexity index is 349. The predicted molar refractivity (Wildman–Crippen MR) is 133 cm³/mol. The Balaban J connectivity index is 3.33. The minimum absolute atomic E-state index is 0.223. The minimum Gasteiger partial charge on any atom is -0.414 e. The third kappa shape index (κ3) is 17.5. The van der Waals surface area contributed by atoms with Gasteiger partial charge in [-0.15, -0.1) is 0 Å². The molecule has 176 valence electrons. The molecule has 0 bridgehead atoms. The first kappa shape index (κ1) is 29.1. The number of rotatable bonds is 20. The summed E-state index contributed by atoms with van der Waals surface area (Å²) in [6, 6.07) is 0. The smallest absolute Gasteiger partial charge is 0.192 e. The van der Waals surface area contributed by atoms with E-state index < -0.39 is 8.32 Å². The summed E-state index contributed by atoms with van der Waals surface area (Å²) in [5.74, 6) is 0. The van der Waals surface area contributed by atoms with Crippen molar-refractivity contribution in [1.29, 1.82) is 0 Å². The van der Waals surface area contributed by atoms with Gasteiger partial charge >= 0.3 is 0 Å². The van der Waals surface area contributed by atoms with Crippen molar-refractivity contribution in [3.8, 4) is 0 Å². The third-order valence-corrected chi connectivity index (χ3v) is 11.3. The van der Waals surface area contributed by atoms with E-state index in [0.717, 1.165) is 12.8 Å². The molecule has 0 radical (unpaired) electrons. The van der Waals surface area contributed by atoms with E-state index in [-0.39, 0.29) is 11.1 Å². The molecule has 0 fully saturated rings. The van der Waals surface area contributed by atoms with Crippen LogP contribution in [0.4, 0.5) is 0 Å². The van der Waals surface area contributed by atoms with Crippen LogP contribution in [0.2, 0.25) is 18.1 Å². The van der Waals surface area contributed by atoms with Crippen molar-refractivity contribution in [2.45, 2.75) is 161 Å². The second kappa shape index (κ2) is 17.8. The molecule has 0 aliphatic heterocycles. The SMILES string of the molecule is CCCCCCCCCCCCCCCCCCC(O)CO[Si](C)(C)C(C)(C)C. The molecule has 0 rings (SSSR count). The maximum atomic E-state index is 10.2. The Labute approximate surface area is 185 Å². The number of unbranched alkanes of at least 4 members (excludes halogenated alkanes) is 15. The van der Waals surface area contributed by atoms with E-state index in [1.165, 1.54) is 96.3 Å². The lowest BCUT2D eigenvalue weighted by Crippen LogP contribution is -2.42. The molecule has 29 heavy (non-hydrogen) atoms. The zero-order chi connectivity index (χ0) is 22.0. The van der Waals surface area contributed by atoms with Gasteiger partial charge in [-0.1, -0.05) is 130 Å². The molecule has 2 nitrogen and oxygen atoms in total. The van der Waals surface area contributed by atoms with Crippen LogP contribution in [0.5, 0.6) is 0 Å². The molecule has 1 unspecified atom stereocenters. The highest BCUT2D eigenvalue weighted by molar-refractivity contribution is 6.74. The summed E-state index contributed by atoms with van der Waals surface area (Å²) in [7, 11) is -1.72. The summed E-state index contributed by atoms with van der Waals surface area (Å²) in [6.07, 6.45) is 22.9. The summed E-state index contributed by atoms with van der Waals surface area (Å²) >= 11 is 0. The van der Waals surface area contributed by atoms with E-state index in [0.29, 0.717) is 6.61 Å². The fourth-order valence-corrected chi connectivity index (χ4v) is 4.57. The van der Waals surface area contributed by atoms with Crippen molar-refractivity contribution in [2.24, 2.45) is 0 Å². The van der Waals surface area contributed by atoms with Gasteiger partial charge in [0.15, 0.2) is 8.32 Å². The predicted octanol–water partition coefficient (Wildman–Crippen LogP) is 9.02. The molecule has 0 aromatic carbocycles. The second-order valence-corrected chi connectivity index (χ2v) is 15.6. The van der Waals surface area contributed by atoms with Crippen molar-refractivity contribution in [1.82, 2.24) is 0 Å². The average molecular weight is 429 g/mol. The summed E-state index contributed by atoms with van der Waals surface area (Å²) in [6.45, 7) is 14.1. The van der Waals surface area contributed by atoms with Gasteiger partial charge in [0, 0.05) is 0 Å². The zero-order valence-electron chi connectivity index (χ0n) is 21.2. The molecule has 3 heteroatoms. The Kier molecular flexibility index (Phi) is 17.9. The van der Waals surface area contributed by atoms with Crippen LogP contribution in [0.25, 0.3) is 0 Å². The standard InChI is InChI=1S/C26H56O2Si/c1-7-8-9-10-11-12-13-14-15-16-17-18-19-20-21-22-23-25(27)24-28-29(5,6)26(2,3)4/h25,27H,7-24H2,1-6H3. The Hall–Kier alpha value is 0.137. The Morgan fingerprint density at radius 2 is 1.00 bits per heavy atom. The highest BCUT2D eigenvalue weighted by Gasteiger charge is 2.37. The van der Waals surface area contributed by atoms with E-state index in [2.05, 4.69) is 40.8 Å². The lowest BCUT2D eigenvalue weighted by Gasteiger charge is -2.36. The summed E-state index contributed by atoms with van der Waals surface area (Å²) in [5.41, 5.74) is 0. The van der Waals surface area contributed by atoms with Crippen LogP contribution in [0.15, 0.2) is 0 Å². The number of hydrogen-bond acceptors (Lipinski definition) is 2. The van der Waals surface area contributed by atoms with Crippen LogP contribution in [0.3, 0.4) is 0 Å². The first-order valence-corrected chi connectivity index (χ1v) is 15.9. The molecule has 0 saturated carbocycles. The van der Waals surface area contributed by atoms with Gasteiger partial charge in [0.05, 0.1) is 12.7 Å². The van der Waals surface area contributed by atoms with Crippen molar-refractivity contribution in [3.05, 3.63) is 0 Å². The number of aliphatic hydroxyl groups is 1. The van der Waals surface area contributed by atoms with Crippen molar-refractivity contribution in [2.75, 3.05) is 6.61 Å². The average Bonchev–Trinajstić information content (AvgIpc) is 2.65. The summed E-state index contributed by atoms with van der Waals surface area (Å²) in [4.78, 5) is 0. The van der Waals surface area contributed by atoms with Crippen LogP contribution in [0, 0.1) is 0 Å². The van der Waals surface area contributed by atoms with Crippen molar-refractivity contribution in [3.63, 3.8) is 0 Å². The van der Waals surface area contributed by atoms with Gasteiger partial charge in [0.1, 0.15) is 0 Å². The molecule has 1 N–H and O–H groups in total. The van der Waals surface area contributed by atoms with Gasteiger partial charge in [-0.25, -0.2) is 0 Å². The highest BCUT2D eigenvalue weighted by atomic mass is 28.4. The molecular weight excluding hydrogens is 372 g/mol. The van der Waals surface area contributed by atoms with Gasteiger partial charge in [-0.05, 0) is 24.6 Å². The third-order valence-electron chi connectivity index (χ3n) is 6.83. The maximum Gasteiger partial charge on any atom is 0.192 e. The number of aliphatic hydroxyl groups excluding tert-OH is 1.